The molecule has 0 saturated heterocycles. The number of carboxylic acids is 1. The van der Waals surface area contributed by atoms with Gasteiger partial charge in [-0.05, 0) is 48.6 Å². The van der Waals surface area contributed by atoms with E-state index in [9.17, 15) is 4.79 Å². The fourth-order valence-electron chi connectivity index (χ4n) is 2.09. The highest BCUT2D eigenvalue weighted by atomic mass is 16.4. The number of aryl methyl sites for hydroxylation is 1. The van der Waals surface area contributed by atoms with Crippen LogP contribution in [0.1, 0.15) is 60.3 Å². The minimum Gasteiger partial charge on any atom is -0.478 e. The van der Waals surface area contributed by atoms with Gasteiger partial charge in [-0.1, -0.05) is 64.1 Å². The van der Waals surface area contributed by atoms with Crippen LogP contribution in [-0.2, 0) is 6.42 Å². The van der Waals surface area contributed by atoms with Gasteiger partial charge in [-0.15, -0.1) is 0 Å². The summed E-state index contributed by atoms with van der Waals surface area (Å²) in [6.07, 6.45) is 0.663. The Labute approximate surface area is 134 Å². The Kier molecular flexibility index (Phi) is 9.60. The Morgan fingerprint density at radius 1 is 0.864 bits per heavy atom. The van der Waals surface area contributed by atoms with Crippen molar-refractivity contribution in [1.29, 1.82) is 0 Å². The third-order valence-corrected chi connectivity index (χ3v) is 3.35. The van der Waals surface area contributed by atoms with Crippen molar-refractivity contribution in [2.24, 2.45) is 0 Å². The lowest BCUT2D eigenvalue weighted by atomic mass is 9.95. The largest absolute Gasteiger partial charge is 0.478 e. The van der Waals surface area contributed by atoms with Crippen molar-refractivity contribution in [1.82, 2.24) is 0 Å². The van der Waals surface area contributed by atoms with Gasteiger partial charge >= 0.3 is 5.97 Å². The highest BCUT2D eigenvalue weighted by Gasteiger charge is 2.10. The zero-order valence-corrected chi connectivity index (χ0v) is 14.6. The summed E-state index contributed by atoms with van der Waals surface area (Å²) in [4.78, 5) is 11.2. The van der Waals surface area contributed by atoms with Gasteiger partial charge in [0.15, 0.2) is 0 Å². The van der Waals surface area contributed by atoms with Crippen LogP contribution in [0.3, 0.4) is 0 Å². The summed E-state index contributed by atoms with van der Waals surface area (Å²) in [5.41, 5.74) is 4.90. The maximum Gasteiger partial charge on any atom is 0.335 e. The quantitative estimate of drug-likeness (QED) is 0.795. The summed E-state index contributed by atoms with van der Waals surface area (Å²) in [5.74, 6) is -0.865. The first kappa shape index (κ1) is 19.9. The lowest BCUT2D eigenvalue weighted by Crippen LogP contribution is -2.03. The lowest BCUT2D eigenvalue weighted by Gasteiger charge is -2.10. The van der Waals surface area contributed by atoms with Gasteiger partial charge in [0.05, 0.1) is 5.56 Å². The van der Waals surface area contributed by atoms with Gasteiger partial charge in [0.2, 0.25) is 0 Å². The Balaban J connectivity index is 0.00000102. The van der Waals surface area contributed by atoms with Crippen LogP contribution >= 0.6 is 0 Å². The van der Waals surface area contributed by atoms with Gasteiger partial charge in [0.1, 0.15) is 0 Å². The van der Waals surface area contributed by atoms with E-state index < -0.39 is 5.97 Å². The summed E-state index contributed by atoms with van der Waals surface area (Å²) >= 11 is 0. The van der Waals surface area contributed by atoms with Crippen molar-refractivity contribution < 1.29 is 9.90 Å². The number of rotatable bonds is 3. The predicted molar refractivity (Wildman–Crippen MR) is 94.8 cm³/mol. The molecule has 2 aromatic rings. The standard InChI is InChI=1S/C16H16O2.2C2H6/c1-11-6-5-8-13(12(11)2)10-14-7-3-4-9-15(14)16(17)18;2*1-2/h3-9H,10H2,1-2H3,(H,17,18);2*1-2H3. The van der Waals surface area contributed by atoms with E-state index in [4.69, 9.17) is 5.11 Å². The maximum atomic E-state index is 11.2. The molecule has 22 heavy (non-hydrogen) atoms. The zero-order chi connectivity index (χ0) is 17.1. The predicted octanol–water partition coefficient (Wildman–Crippen LogP) is 5.64. The highest BCUT2D eigenvalue weighted by Crippen LogP contribution is 2.19. The van der Waals surface area contributed by atoms with Crippen molar-refractivity contribution in [2.75, 3.05) is 0 Å². The monoisotopic (exact) mass is 300 g/mol. The van der Waals surface area contributed by atoms with Crippen LogP contribution in [-0.4, -0.2) is 11.1 Å². The number of carboxylic acid groups (broad SMARTS) is 1. The highest BCUT2D eigenvalue weighted by molar-refractivity contribution is 5.89. The topological polar surface area (TPSA) is 37.3 Å². The van der Waals surface area contributed by atoms with Gasteiger partial charge < -0.3 is 5.11 Å². The van der Waals surface area contributed by atoms with E-state index >= 15 is 0 Å². The molecule has 0 atom stereocenters. The number of aromatic carboxylic acids is 1. The Bertz CT molecular complexity index is 586. The molecule has 0 fully saturated rings. The van der Waals surface area contributed by atoms with Crippen LogP contribution in [0.2, 0.25) is 0 Å². The van der Waals surface area contributed by atoms with E-state index in [1.54, 1.807) is 12.1 Å². The fourth-order valence-corrected chi connectivity index (χ4v) is 2.09. The second-order valence-electron chi connectivity index (χ2n) is 4.50. The molecule has 0 spiro atoms. The molecular formula is C20H28O2. The molecule has 0 aromatic heterocycles. The number of hydrogen-bond donors (Lipinski definition) is 1. The van der Waals surface area contributed by atoms with E-state index in [0.717, 1.165) is 5.56 Å². The molecular weight excluding hydrogens is 272 g/mol. The van der Waals surface area contributed by atoms with Crippen molar-refractivity contribution in [3.63, 3.8) is 0 Å². The molecule has 2 rings (SSSR count). The molecule has 0 bridgehead atoms. The van der Waals surface area contributed by atoms with Crippen LogP contribution < -0.4 is 0 Å². The molecule has 2 nitrogen and oxygen atoms in total. The minimum atomic E-state index is -0.865. The second-order valence-corrected chi connectivity index (χ2v) is 4.50. The Morgan fingerprint density at radius 2 is 1.41 bits per heavy atom. The van der Waals surface area contributed by atoms with Gasteiger partial charge in [-0.25, -0.2) is 4.79 Å². The molecule has 2 heteroatoms. The van der Waals surface area contributed by atoms with E-state index in [-0.39, 0.29) is 0 Å². The molecule has 1 N–H and O–H groups in total. The lowest BCUT2D eigenvalue weighted by molar-refractivity contribution is 0.0696. The van der Waals surface area contributed by atoms with E-state index in [1.807, 2.05) is 45.9 Å². The molecule has 0 aliphatic carbocycles. The van der Waals surface area contributed by atoms with Crippen molar-refractivity contribution >= 4 is 5.97 Å². The molecule has 0 unspecified atom stereocenters. The van der Waals surface area contributed by atoms with Crippen LogP contribution in [0.25, 0.3) is 0 Å². The number of benzene rings is 2. The molecule has 0 heterocycles. The smallest absolute Gasteiger partial charge is 0.335 e. The molecule has 0 radical (unpaired) electrons. The van der Waals surface area contributed by atoms with Crippen molar-refractivity contribution in [3.8, 4) is 0 Å². The van der Waals surface area contributed by atoms with E-state index in [1.165, 1.54) is 16.7 Å². The fraction of sp³-hybridized carbons (Fsp3) is 0.350. The SMILES string of the molecule is CC.CC.Cc1cccc(Cc2ccccc2C(=O)O)c1C. The van der Waals surface area contributed by atoms with E-state index in [2.05, 4.69) is 26.0 Å². The van der Waals surface area contributed by atoms with Crippen LogP contribution in [0, 0.1) is 13.8 Å². The zero-order valence-electron chi connectivity index (χ0n) is 14.6. The van der Waals surface area contributed by atoms with Gasteiger partial charge in [0, 0.05) is 0 Å². The van der Waals surface area contributed by atoms with Gasteiger partial charge in [0.25, 0.3) is 0 Å². The summed E-state index contributed by atoms with van der Waals surface area (Å²) < 4.78 is 0. The van der Waals surface area contributed by atoms with Crippen LogP contribution in [0.4, 0.5) is 0 Å². The summed E-state index contributed by atoms with van der Waals surface area (Å²) in [7, 11) is 0. The first-order valence-corrected chi connectivity index (χ1v) is 7.96. The van der Waals surface area contributed by atoms with Crippen LogP contribution in [0.5, 0.6) is 0 Å². The molecule has 0 aliphatic rings. The molecule has 0 amide bonds. The molecule has 0 aliphatic heterocycles. The minimum absolute atomic E-state index is 0.387. The Hall–Kier alpha value is -2.09. The van der Waals surface area contributed by atoms with E-state index in [0.29, 0.717) is 12.0 Å². The van der Waals surface area contributed by atoms with Gasteiger partial charge in [-0.2, -0.15) is 0 Å². The first-order valence-electron chi connectivity index (χ1n) is 7.96. The third kappa shape index (κ3) is 5.36. The van der Waals surface area contributed by atoms with Gasteiger partial charge in [-0.3, -0.25) is 0 Å². The second kappa shape index (κ2) is 10.6. The molecule has 2 aromatic carbocycles. The van der Waals surface area contributed by atoms with Crippen LogP contribution in [0.15, 0.2) is 42.5 Å². The average Bonchev–Trinajstić information content (AvgIpc) is 2.56. The average molecular weight is 300 g/mol. The maximum absolute atomic E-state index is 11.2. The Morgan fingerprint density at radius 3 is 2.00 bits per heavy atom. The van der Waals surface area contributed by atoms with Crippen molar-refractivity contribution in [3.05, 3.63) is 70.3 Å². The van der Waals surface area contributed by atoms with Crippen molar-refractivity contribution in [2.45, 2.75) is 48.0 Å². The summed E-state index contributed by atoms with van der Waals surface area (Å²) in [5, 5.41) is 9.17. The summed E-state index contributed by atoms with van der Waals surface area (Å²) in [6.45, 7) is 12.1. The third-order valence-electron chi connectivity index (χ3n) is 3.35. The number of hydrogen-bond acceptors (Lipinski definition) is 1. The molecule has 0 saturated carbocycles. The molecule has 120 valence electrons. The first-order chi connectivity index (χ1) is 10.6. The normalized spacial score (nSPS) is 9.00. The number of carbonyl (C=O) groups is 1. The summed E-state index contributed by atoms with van der Waals surface area (Å²) in [6, 6.07) is 13.3.